The van der Waals surface area contributed by atoms with Crippen LogP contribution < -0.4 is 0 Å². The van der Waals surface area contributed by atoms with Gasteiger partial charge in [0.2, 0.25) is 0 Å². The van der Waals surface area contributed by atoms with Gasteiger partial charge in [-0.3, -0.25) is 25.3 Å². The Labute approximate surface area is 158 Å². The van der Waals surface area contributed by atoms with Crippen LogP contribution in [0.4, 0.5) is 0 Å². The van der Waals surface area contributed by atoms with Crippen molar-refractivity contribution < 1.29 is 129 Å². The van der Waals surface area contributed by atoms with E-state index in [1.807, 2.05) is 0 Å². The molecule has 0 aromatic rings. The summed E-state index contributed by atoms with van der Waals surface area (Å²) in [6.07, 6.45) is 0. The van der Waals surface area contributed by atoms with Gasteiger partial charge >= 0.3 is 71.2 Å². The van der Waals surface area contributed by atoms with Crippen LogP contribution in [0.3, 0.4) is 0 Å². The maximum atomic E-state index is 8.52. The van der Waals surface area contributed by atoms with Gasteiger partial charge in [-0.25, -0.2) is 0 Å². The monoisotopic (exact) mass is 458 g/mol. The molecule has 0 saturated carbocycles. The Hall–Kier alpha value is 1.93. The van der Waals surface area contributed by atoms with Crippen molar-refractivity contribution in [3.63, 3.8) is 0 Å². The van der Waals surface area contributed by atoms with Crippen LogP contribution in [0.15, 0.2) is 0 Å². The normalized spacial score (nSPS) is 9.16. The van der Waals surface area contributed by atoms with Crippen LogP contribution in [0.5, 0.6) is 0 Å². The average Bonchev–Trinajstić information content (AvgIpc) is 1.41. The van der Waals surface area contributed by atoms with Crippen LogP contribution in [0.1, 0.15) is 0 Å². The first-order valence-electron chi connectivity index (χ1n) is 2.00. The molecule has 0 aliphatic carbocycles. The van der Waals surface area contributed by atoms with Gasteiger partial charge in [0.05, 0.1) is 0 Å². The molecule has 104 valence electrons. The number of hydrogen-bond donors (Lipinski definition) is 0. The maximum absolute atomic E-state index is 8.52. The topological polar surface area (TPSA) is 269 Å². The quantitative estimate of drug-likeness (QED) is 0.190. The Morgan fingerprint density at radius 2 is 0.474 bits per heavy atom. The van der Waals surface area contributed by atoms with Crippen LogP contribution in [-0.2, 0) is 108 Å². The molecular weight excluding hydrogens is 459 g/mol. The van der Waals surface area contributed by atoms with Gasteiger partial charge in [0, 0.05) is 31.2 Å². The molecule has 0 saturated heterocycles. The molecule has 0 aromatic carbocycles. The van der Waals surface area contributed by atoms with E-state index in [-0.39, 0.29) is 76.6 Å². The van der Waals surface area contributed by atoms with E-state index in [0.717, 1.165) is 0 Å². The third kappa shape index (κ3) is 1710. The average molecular weight is 459 g/mol. The van der Waals surface area contributed by atoms with Crippen LogP contribution in [-0.4, -0.2) is 52.6 Å². The van der Waals surface area contributed by atoms with E-state index >= 15 is 0 Å². The molecule has 13 nitrogen and oxygen atoms in total. The molecule has 0 rings (SSSR count). The third-order valence-corrected chi connectivity index (χ3v) is 0. The third-order valence-electron chi connectivity index (χ3n) is 0. The van der Waals surface area contributed by atoms with Gasteiger partial charge in [-0.05, 0) is 0 Å². The summed E-state index contributed by atoms with van der Waals surface area (Å²) < 4.78 is 102. The molecule has 0 aliphatic rings. The van der Waals surface area contributed by atoms with Crippen molar-refractivity contribution in [1.29, 1.82) is 0 Å². The molecule has 0 amide bonds. The molecule has 0 heterocycles. The minimum Gasteiger partial charge on any atom is -2.00 e. The second-order valence-electron chi connectivity index (χ2n) is 1.22. The summed E-state index contributed by atoms with van der Waals surface area (Å²) in [6.45, 7) is 0. The van der Waals surface area contributed by atoms with Gasteiger partial charge in [0.15, 0.2) is 0 Å². The maximum Gasteiger partial charge on any atom is 3.00 e. The number of rotatable bonds is 0. The van der Waals surface area contributed by atoms with Crippen molar-refractivity contribution in [3.05, 3.63) is 0 Å². The minimum absolute atomic E-state index is 0. The molecule has 0 radical (unpaired) electrons. The summed E-state index contributed by atoms with van der Waals surface area (Å²) in [4.78, 5) is 0. The van der Waals surface area contributed by atoms with Crippen molar-refractivity contribution in [2.24, 2.45) is 0 Å². The zero-order chi connectivity index (χ0) is 13.5. The van der Waals surface area contributed by atoms with Crippen LogP contribution in [0.2, 0.25) is 0 Å². The second kappa shape index (κ2) is 18.0. The van der Waals surface area contributed by atoms with E-state index in [4.69, 9.17) is 52.6 Å². The number of hydrogen-bond acceptors (Lipinski definition) is 12. The summed E-state index contributed by atoms with van der Waals surface area (Å²) in [5.74, 6) is 0. The fourth-order valence-electron chi connectivity index (χ4n) is 0. The van der Waals surface area contributed by atoms with Gasteiger partial charge < -0.3 is 32.8 Å². The van der Waals surface area contributed by atoms with Crippen LogP contribution >= 0.6 is 0 Å². The molecule has 0 spiro atoms. The molecule has 0 bridgehead atoms. The molecule has 0 fully saturated rings. The fourth-order valence-corrected chi connectivity index (χ4v) is 0. The summed E-state index contributed by atoms with van der Waals surface area (Å²) >= 11 is 0. The van der Waals surface area contributed by atoms with Crippen molar-refractivity contribution in [1.82, 2.24) is 0 Å². The predicted molar refractivity (Wildman–Crippen MR) is 32.1 cm³/mol. The summed E-state index contributed by atoms with van der Waals surface area (Å²) in [7, 11) is -15.5. The smallest absolute Gasteiger partial charge is 2.00 e. The van der Waals surface area contributed by atoms with E-state index in [1.54, 1.807) is 0 Å². The van der Waals surface area contributed by atoms with Crippen LogP contribution in [0.25, 0.3) is 0 Å². The van der Waals surface area contributed by atoms with Crippen molar-refractivity contribution in [2.45, 2.75) is 0 Å². The predicted octanol–water partition coefficient (Wildman–Crippen LogP) is -4.14. The summed E-state index contributed by atoms with van der Waals surface area (Å²) in [5, 5.41) is 0. The summed E-state index contributed by atoms with van der Waals surface area (Å²) in [5.41, 5.74) is 0. The van der Waals surface area contributed by atoms with Crippen molar-refractivity contribution >= 4 is 31.2 Å². The first-order chi connectivity index (χ1) is 6.00. The van der Waals surface area contributed by atoms with E-state index in [0.29, 0.717) is 0 Å². The molecule has 0 N–H and O–H groups in total. The van der Waals surface area contributed by atoms with Crippen molar-refractivity contribution in [3.8, 4) is 0 Å². The first kappa shape index (κ1) is 42.8. The minimum atomic E-state index is -5.17. The second-order valence-corrected chi connectivity index (χ2v) is 3.67. The molecule has 0 atom stereocenters. The van der Waals surface area contributed by atoms with E-state index in [1.165, 1.54) is 0 Å². The Kier molecular flexibility index (Phi) is 40.6. The standard InChI is InChI=1S/3H2O4S.O.2Sc.Zn/c3*1-5(2,3)4;;;;/h3*(H2,1,2,3,4);;;;/q;;;-2;2*+3;+2/p-6. The molecule has 19 heavy (non-hydrogen) atoms. The Bertz CT molecular complexity index is 347. The van der Waals surface area contributed by atoms with Gasteiger partial charge in [0.1, 0.15) is 0 Å². The van der Waals surface area contributed by atoms with Gasteiger partial charge in [-0.15, -0.1) is 0 Å². The van der Waals surface area contributed by atoms with Crippen molar-refractivity contribution in [2.75, 3.05) is 0 Å². The Morgan fingerprint density at radius 3 is 0.474 bits per heavy atom. The zero-order valence-corrected chi connectivity index (χ0v) is 17.4. The molecule has 0 aliphatic heterocycles. The largest absolute Gasteiger partial charge is 3.00 e. The Morgan fingerprint density at radius 1 is 0.474 bits per heavy atom. The Balaban J connectivity index is -0.0000000206. The van der Waals surface area contributed by atoms with Crippen LogP contribution in [0, 0.1) is 0 Å². The van der Waals surface area contributed by atoms with Gasteiger partial charge in [0.25, 0.3) is 0 Å². The molecule has 0 unspecified atom stereocenters. The SMILES string of the molecule is O=S(=O)([O-])[O-].O=S(=O)([O-])[O-].O=S(=O)([O-])[O-].[O-2].[Sc+3].[Sc+3].[Zn+2]. The summed E-state index contributed by atoms with van der Waals surface area (Å²) in [6, 6.07) is 0. The zero-order valence-electron chi connectivity index (χ0n) is 8.39. The fraction of sp³-hybridized carbons (Fsp3) is 0. The van der Waals surface area contributed by atoms with E-state index in [9.17, 15) is 0 Å². The van der Waals surface area contributed by atoms with Gasteiger partial charge in [-0.1, -0.05) is 0 Å². The molecule has 19 heteroatoms. The molecular formula is O13S3Sc2Zn. The van der Waals surface area contributed by atoms with E-state index in [2.05, 4.69) is 0 Å². The first-order valence-corrected chi connectivity index (χ1v) is 6.00. The van der Waals surface area contributed by atoms with Gasteiger partial charge in [-0.2, -0.15) is 0 Å². The molecule has 0 aromatic heterocycles. The van der Waals surface area contributed by atoms with E-state index < -0.39 is 31.2 Å².